The minimum atomic E-state index is -3.93. The Bertz CT molecular complexity index is 559. The van der Waals surface area contributed by atoms with E-state index in [1.807, 2.05) is 0 Å². The summed E-state index contributed by atoms with van der Waals surface area (Å²) in [4.78, 5) is 10.6. The zero-order valence-electron chi connectivity index (χ0n) is 9.68. The van der Waals surface area contributed by atoms with Gasteiger partial charge >= 0.3 is 0 Å². The number of rotatable bonds is 5. The molecule has 5 N–H and O–H groups in total. The Hall–Kier alpha value is -1.51. The van der Waals surface area contributed by atoms with E-state index in [0.717, 1.165) is 18.2 Å². The Morgan fingerprint density at radius 3 is 2.61 bits per heavy atom. The number of hydrogen-bond acceptors (Lipinski definition) is 4. The minimum Gasteiger partial charge on any atom is -0.368 e. The number of hydrogen-bond donors (Lipinski definition) is 3. The van der Waals surface area contributed by atoms with Crippen LogP contribution in [0.1, 0.15) is 12.5 Å². The van der Waals surface area contributed by atoms with Gasteiger partial charge in [0.1, 0.15) is 5.82 Å². The highest BCUT2D eigenvalue weighted by molar-refractivity contribution is 7.89. The number of amides is 1. The second-order valence-electron chi connectivity index (χ2n) is 3.70. The molecule has 0 heterocycles. The standard InChI is InChI=1S/C10H14FN3O3S/c1-6(10(13)15)14-18(16,17)8-2-3-9(11)7(4-8)5-12/h2-4,6,14H,5,12H2,1H3,(H2,13,15). The minimum absolute atomic E-state index is 0.0737. The summed E-state index contributed by atoms with van der Waals surface area (Å²) in [5, 5.41) is 0. The van der Waals surface area contributed by atoms with Gasteiger partial charge < -0.3 is 11.5 Å². The van der Waals surface area contributed by atoms with Crippen molar-refractivity contribution in [2.45, 2.75) is 24.4 Å². The number of carbonyl (C=O) groups is 1. The van der Waals surface area contributed by atoms with Gasteiger partial charge in [0.15, 0.2) is 0 Å². The maximum absolute atomic E-state index is 13.2. The number of benzene rings is 1. The molecule has 1 atom stereocenters. The Kier molecular flexibility index (Phi) is 4.38. The number of halogens is 1. The first-order valence-corrected chi connectivity index (χ1v) is 6.56. The normalized spacial score (nSPS) is 13.3. The van der Waals surface area contributed by atoms with Gasteiger partial charge in [-0.15, -0.1) is 0 Å². The van der Waals surface area contributed by atoms with Crippen molar-refractivity contribution in [1.82, 2.24) is 4.72 Å². The van der Waals surface area contributed by atoms with Gasteiger partial charge in [-0.25, -0.2) is 12.8 Å². The Balaban J connectivity index is 3.09. The average molecular weight is 275 g/mol. The predicted molar refractivity (Wildman–Crippen MR) is 63.3 cm³/mol. The van der Waals surface area contributed by atoms with Gasteiger partial charge in [-0.1, -0.05) is 0 Å². The van der Waals surface area contributed by atoms with Crippen LogP contribution in [0.2, 0.25) is 0 Å². The molecule has 0 spiro atoms. The fraction of sp³-hybridized carbons (Fsp3) is 0.300. The predicted octanol–water partition coefficient (Wildman–Crippen LogP) is -0.563. The third kappa shape index (κ3) is 3.25. The lowest BCUT2D eigenvalue weighted by Crippen LogP contribution is -2.42. The zero-order chi connectivity index (χ0) is 13.9. The SMILES string of the molecule is CC(NS(=O)(=O)c1ccc(F)c(CN)c1)C(N)=O. The molecule has 1 amide bonds. The summed E-state index contributed by atoms with van der Waals surface area (Å²) in [6, 6.07) is 2.16. The average Bonchev–Trinajstić information content (AvgIpc) is 2.28. The van der Waals surface area contributed by atoms with Crippen LogP contribution >= 0.6 is 0 Å². The first kappa shape index (κ1) is 14.6. The lowest BCUT2D eigenvalue weighted by atomic mass is 10.2. The molecule has 0 aliphatic heterocycles. The first-order chi connectivity index (χ1) is 8.27. The van der Waals surface area contributed by atoms with E-state index in [1.54, 1.807) is 0 Å². The van der Waals surface area contributed by atoms with Crippen LogP contribution in [0.15, 0.2) is 23.1 Å². The molecular formula is C10H14FN3O3S. The van der Waals surface area contributed by atoms with Crippen LogP contribution in [0.3, 0.4) is 0 Å². The molecule has 18 heavy (non-hydrogen) atoms. The third-order valence-electron chi connectivity index (χ3n) is 2.31. The fourth-order valence-electron chi connectivity index (χ4n) is 1.23. The summed E-state index contributed by atoms with van der Waals surface area (Å²) < 4.78 is 38.9. The summed E-state index contributed by atoms with van der Waals surface area (Å²) in [6.07, 6.45) is 0. The topological polar surface area (TPSA) is 115 Å². The zero-order valence-corrected chi connectivity index (χ0v) is 10.5. The van der Waals surface area contributed by atoms with Gasteiger partial charge in [0.2, 0.25) is 15.9 Å². The van der Waals surface area contributed by atoms with Gasteiger partial charge in [-0.05, 0) is 25.1 Å². The van der Waals surface area contributed by atoms with Gasteiger partial charge in [0.25, 0.3) is 0 Å². The van der Waals surface area contributed by atoms with Crippen LogP contribution in [0.4, 0.5) is 4.39 Å². The van der Waals surface area contributed by atoms with E-state index in [2.05, 4.69) is 4.72 Å². The molecule has 100 valence electrons. The molecule has 0 aromatic heterocycles. The van der Waals surface area contributed by atoms with Gasteiger partial charge in [0.05, 0.1) is 10.9 Å². The molecule has 8 heteroatoms. The molecule has 0 bridgehead atoms. The smallest absolute Gasteiger partial charge is 0.241 e. The highest BCUT2D eigenvalue weighted by Gasteiger charge is 2.21. The van der Waals surface area contributed by atoms with E-state index in [4.69, 9.17) is 11.5 Å². The van der Waals surface area contributed by atoms with E-state index in [1.165, 1.54) is 6.92 Å². The quantitative estimate of drug-likeness (QED) is 0.667. The number of nitrogens with two attached hydrogens (primary N) is 2. The lowest BCUT2D eigenvalue weighted by Gasteiger charge is -2.11. The molecular weight excluding hydrogens is 261 g/mol. The summed E-state index contributed by atoms with van der Waals surface area (Å²) in [5.74, 6) is -1.39. The van der Waals surface area contributed by atoms with Gasteiger partial charge in [-0.2, -0.15) is 4.72 Å². The van der Waals surface area contributed by atoms with Crippen molar-refractivity contribution in [3.8, 4) is 0 Å². The summed E-state index contributed by atoms with van der Waals surface area (Å²) in [6.45, 7) is 1.19. The Labute approximate surface area is 104 Å². The fourth-order valence-corrected chi connectivity index (χ4v) is 2.50. The molecule has 1 aromatic carbocycles. The summed E-state index contributed by atoms with van der Waals surface area (Å²) >= 11 is 0. The number of sulfonamides is 1. The van der Waals surface area contributed by atoms with Crippen molar-refractivity contribution in [1.29, 1.82) is 0 Å². The van der Waals surface area contributed by atoms with Crippen molar-refractivity contribution < 1.29 is 17.6 Å². The van der Waals surface area contributed by atoms with Crippen LogP contribution in [0, 0.1) is 5.82 Å². The second kappa shape index (κ2) is 5.42. The molecule has 0 radical (unpaired) electrons. The van der Waals surface area contributed by atoms with Crippen molar-refractivity contribution in [2.75, 3.05) is 0 Å². The first-order valence-electron chi connectivity index (χ1n) is 5.08. The Morgan fingerprint density at radius 2 is 2.11 bits per heavy atom. The molecule has 0 fully saturated rings. The molecule has 0 aliphatic carbocycles. The molecule has 0 saturated carbocycles. The molecule has 6 nitrogen and oxygen atoms in total. The van der Waals surface area contributed by atoms with Crippen LogP contribution in [0.5, 0.6) is 0 Å². The van der Waals surface area contributed by atoms with E-state index < -0.39 is 27.8 Å². The highest BCUT2D eigenvalue weighted by Crippen LogP contribution is 2.15. The van der Waals surface area contributed by atoms with Crippen molar-refractivity contribution in [3.63, 3.8) is 0 Å². The van der Waals surface area contributed by atoms with E-state index in [0.29, 0.717) is 0 Å². The van der Waals surface area contributed by atoms with E-state index in [9.17, 15) is 17.6 Å². The molecule has 1 unspecified atom stereocenters. The van der Waals surface area contributed by atoms with E-state index >= 15 is 0 Å². The highest BCUT2D eigenvalue weighted by atomic mass is 32.2. The van der Waals surface area contributed by atoms with Crippen LogP contribution < -0.4 is 16.2 Å². The van der Waals surface area contributed by atoms with Crippen LogP contribution in [0.25, 0.3) is 0 Å². The molecule has 0 aliphatic rings. The molecule has 1 rings (SSSR count). The lowest BCUT2D eigenvalue weighted by molar-refractivity contribution is -0.119. The molecule has 1 aromatic rings. The largest absolute Gasteiger partial charge is 0.368 e. The van der Waals surface area contributed by atoms with Crippen molar-refractivity contribution >= 4 is 15.9 Å². The van der Waals surface area contributed by atoms with Crippen molar-refractivity contribution in [2.24, 2.45) is 11.5 Å². The Morgan fingerprint density at radius 1 is 1.50 bits per heavy atom. The summed E-state index contributed by atoms with van der Waals surface area (Å²) in [7, 11) is -3.93. The van der Waals surface area contributed by atoms with Gasteiger partial charge in [0, 0.05) is 12.1 Å². The molecule has 0 saturated heterocycles. The van der Waals surface area contributed by atoms with Crippen LogP contribution in [-0.4, -0.2) is 20.4 Å². The monoisotopic (exact) mass is 275 g/mol. The second-order valence-corrected chi connectivity index (χ2v) is 5.42. The number of nitrogens with one attached hydrogen (secondary N) is 1. The summed E-state index contributed by atoms with van der Waals surface area (Å²) in [5.41, 5.74) is 10.3. The van der Waals surface area contributed by atoms with Crippen LogP contribution in [-0.2, 0) is 21.4 Å². The van der Waals surface area contributed by atoms with Gasteiger partial charge in [-0.3, -0.25) is 4.79 Å². The maximum Gasteiger partial charge on any atom is 0.241 e. The number of primary amides is 1. The number of carbonyl (C=O) groups excluding carboxylic acids is 1. The third-order valence-corrected chi connectivity index (χ3v) is 3.84. The maximum atomic E-state index is 13.2. The van der Waals surface area contributed by atoms with E-state index in [-0.39, 0.29) is 17.0 Å². The van der Waals surface area contributed by atoms with Crippen molar-refractivity contribution in [3.05, 3.63) is 29.6 Å².